The predicted molar refractivity (Wildman–Crippen MR) is 66.2 cm³/mol. The van der Waals surface area contributed by atoms with Gasteiger partial charge in [-0.15, -0.1) is 0 Å². The normalized spacial score (nSPS) is 18.1. The average molecular weight is 204 g/mol. The maximum Gasteiger partial charge on any atom is 0.0416 e. The molecule has 1 aromatic rings. The van der Waals surface area contributed by atoms with Gasteiger partial charge in [-0.3, -0.25) is 0 Å². The molecule has 0 aliphatic carbocycles. The van der Waals surface area contributed by atoms with Crippen molar-refractivity contribution in [1.29, 1.82) is 0 Å². The molecule has 0 saturated carbocycles. The van der Waals surface area contributed by atoms with Crippen molar-refractivity contribution in [2.45, 2.75) is 26.7 Å². The fraction of sp³-hybridized carbons (Fsp3) is 0.538. The van der Waals surface area contributed by atoms with Gasteiger partial charge in [0.15, 0.2) is 0 Å². The standard InChI is InChI=1S/C13H20N2/c1-10-5-7-15(8-6-10)13-9-12(14)4-3-11(13)2/h3-4,9-10H,5-8,14H2,1-2H3. The van der Waals surface area contributed by atoms with Crippen molar-refractivity contribution in [1.82, 2.24) is 0 Å². The third-order valence-corrected chi connectivity index (χ3v) is 3.36. The van der Waals surface area contributed by atoms with E-state index < -0.39 is 0 Å². The summed E-state index contributed by atoms with van der Waals surface area (Å²) in [5.74, 6) is 0.877. The maximum atomic E-state index is 5.83. The molecule has 0 amide bonds. The SMILES string of the molecule is Cc1ccc(N)cc1N1CCC(C)CC1. The van der Waals surface area contributed by atoms with E-state index in [0.717, 1.165) is 11.6 Å². The molecule has 0 aromatic heterocycles. The Morgan fingerprint density at radius 3 is 2.60 bits per heavy atom. The molecule has 0 radical (unpaired) electrons. The monoisotopic (exact) mass is 204 g/mol. The Morgan fingerprint density at radius 1 is 1.27 bits per heavy atom. The van der Waals surface area contributed by atoms with Crippen molar-refractivity contribution in [3.63, 3.8) is 0 Å². The van der Waals surface area contributed by atoms with Crippen LogP contribution in [0.2, 0.25) is 0 Å². The lowest BCUT2D eigenvalue weighted by Crippen LogP contribution is -2.33. The highest BCUT2D eigenvalue weighted by Gasteiger charge is 2.17. The fourth-order valence-corrected chi connectivity index (χ4v) is 2.22. The smallest absolute Gasteiger partial charge is 0.0416 e. The van der Waals surface area contributed by atoms with Crippen LogP contribution in [-0.4, -0.2) is 13.1 Å². The number of rotatable bonds is 1. The van der Waals surface area contributed by atoms with Gasteiger partial charge < -0.3 is 10.6 Å². The van der Waals surface area contributed by atoms with Crippen LogP contribution in [0.1, 0.15) is 25.3 Å². The Hall–Kier alpha value is -1.18. The summed E-state index contributed by atoms with van der Waals surface area (Å²) in [7, 11) is 0. The number of anilines is 2. The lowest BCUT2D eigenvalue weighted by molar-refractivity contribution is 0.438. The number of benzene rings is 1. The van der Waals surface area contributed by atoms with Crippen molar-refractivity contribution in [2.75, 3.05) is 23.7 Å². The molecule has 1 aliphatic heterocycles. The van der Waals surface area contributed by atoms with Gasteiger partial charge in [0.25, 0.3) is 0 Å². The molecule has 1 aliphatic rings. The quantitative estimate of drug-likeness (QED) is 0.713. The van der Waals surface area contributed by atoms with Gasteiger partial charge in [0.2, 0.25) is 0 Å². The van der Waals surface area contributed by atoms with E-state index in [4.69, 9.17) is 5.73 Å². The summed E-state index contributed by atoms with van der Waals surface area (Å²) in [4.78, 5) is 2.46. The van der Waals surface area contributed by atoms with Crippen molar-refractivity contribution >= 4 is 11.4 Å². The molecule has 82 valence electrons. The summed E-state index contributed by atoms with van der Waals surface area (Å²) in [6.45, 7) is 6.84. The lowest BCUT2D eigenvalue weighted by atomic mass is 9.98. The van der Waals surface area contributed by atoms with Gasteiger partial charge in [0.05, 0.1) is 0 Å². The zero-order valence-corrected chi connectivity index (χ0v) is 9.66. The zero-order chi connectivity index (χ0) is 10.8. The van der Waals surface area contributed by atoms with Crippen molar-refractivity contribution in [3.8, 4) is 0 Å². The summed E-state index contributed by atoms with van der Waals surface area (Å²) in [5, 5.41) is 0. The number of nitrogens with zero attached hydrogens (tertiary/aromatic N) is 1. The highest BCUT2D eigenvalue weighted by atomic mass is 15.1. The Labute approximate surface area is 92.1 Å². The van der Waals surface area contributed by atoms with E-state index in [1.165, 1.54) is 37.2 Å². The number of nitrogens with two attached hydrogens (primary N) is 1. The molecule has 1 heterocycles. The number of hydrogen-bond donors (Lipinski definition) is 1. The first kappa shape index (κ1) is 10.3. The van der Waals surface area contributed by atoms with Crippen LogP contribution in [0.4, 0.5) is 11.4 Å². The molecule has 0 bridgehead atoms. The second kappa shape index (κ2) is 4.13. The zero-order valence-electron chi connectivity index (χ0n) is 9.66. The molecule has 1 fully saturated rings. The van der Waals surface area contributed by atoms with E-state index in [1.807, 2.05) is 6.07 Å². The van der Waals surface area contributed by atoms with Crippen molar-refractivity contribution in [2.24, 2.45) is 5.92 Å². The minimum absolute atomic E-state index is 0.870. The van der Waals surface area contributed by atoms with Gasteiger partial charge in [-0.05, 0) is 43.4 Å². The van der Waals surface area contributed by atoms with Gasteiger partial charge in [-0.2, -0.15) is 0 Å². The second-order valence-corrected chi connectivity index (χ2v) is 4.72. The summed E-state index contributed by atoms with van der Waals surface area (Å²) in [6, 6.07) is 6.19. The molecule has 1 aromatic carbocycles. The number of nitrogen functional groups attached to an aromatic ring is 1. The van der Waals surface area contributed by atoms with Crippen molar-refractivity contribution in [3.05, 3.63) is 23.8 Å². The molecule has 2 nitrogen and oxygen atoms in total. The summed E-state index contributed by atoms with van der Waals surface area (Å²) < 4.78 is 0. The van der Waals surface area contributed by atoms with Crippen LogP contribution in [0.25, 0.3) is 0 Å². The first-order valence-corrected chi connectivity index (χ1v) is 5.78. The largest absolute Gasteiger partial charge is 0.399 e. The molecule has 2 rings (SSSR count). The van der Waals surface area contributed by atoms with E-state index in [1.54, 1.807) is 0 Å². The average Bonchev–Trinajstić information content (AvgIpc) is 2.23. The van der Waals surface area contributed by atoms with Gasteiger partial charge in [0.1, 0.15) is 0 Å². The number of aryl methyl sites for hydroxylation is 1. The van der Waals surface area contributed by atoms with Crippen LogP contribution < -0.4 is 10.6 Å². The van der Waals surface area contributed by atoms with E-state index in [2.05, 4.69) is 30.9 Å². The lowest BCUT2D eigenvalue weighted by Gasteiger charge is -2.33. The number of piperidine rings is 1. The summed E-state index contributed by atoms with van der Waals surface area (Å²) >= 11 is 0. The molecule has 0 unspecified atom stereocenters. The summed E-state index contributed by atoms with van der Waals surface area (Å²) in [6.07, 6.45) is 2.60. The van der Waals surface area contributed by atoms with E-state index >= 15 is 0 Å². The highest BCUT2D eigenvalue weighted by molar-refractivity contribution is 5.61. The maximum absolute atomic E-state index is 5.83. The van der Waals surface area contributed by atoms with Crippen LogP contribution in [0, 0.1) is 12.8 Å². The molecular weight excluding hydrogens is 184 g/mol. The topological polar surface area (TPSA) is 29.3 Å². The van der Waals surface area contributed by atoms with Crippen LogP contribution in [0.3, 0.4) is 0 Å². The van der Waals surface area contributed by atoms with Gasteiger partial charge >= 0.3 is 0 Å². The van der Waals surface area contributed by atoms with Crippen LogP contribution in [0.5, 0.6) is 0 Å². The molecule has 1 saturated heterocycles. The van der Waals surface area contributed by atoms with E-state index in [9.17, 15) is 0 Å². The third kappa shape index (κ3) is 2.25. The molecule has 0 spiro atoms. The fourth-order valence-electron chi connectivity index (χ4n) is 2.22. The third-order valence-electron chi connectivity index (χ3n) is 3.36. The predicted octanol–water partition coefficient (Wildman–Crippen LogP) is 2.81. The highest BCUT2D eigenvalue weighted by Crippen LogP contribution is 2.27. The Morgan fingerprint density at radius 2 is 1.93 bits per heavy atom. The Balaban J connectivity index is 2.18. The molecule has 2 N–H and O–H groups in total. The van der Waals surface area contributed by atoms with Crippen LogP contribution >= 0.6 is 0 Å². The van der Waals surface area contributed by atoms with Crippen molar-refractivity contribution < 1.29 is 0 Å². The van der Waals surface area contributed by atoms with E-state index in [0.29, 0.717) is 0 Å². The first-order valence-electron chi connectivity index (χ1n) is 5.78. The second-order valence-electron chi connectivity index (χ2n) is 4.72. The molecular formula is C13H20N2. The van der Waals surface area contributed by atoms with Gasteiger partial charge in [-0.25, -0.2) is 0 Å². The first-order chi connectivity index (χ1) is 7.16. The minimum atomic E-state index is 0.870. The van der Waals surface area contributed by atoms with E-state index in [-0.39, 0.29) is 0 Å². The minimum Gasteiger partial charge on any atom is -0.399 e. The molecule has 2 heteroatoms. The molecule has 0 atom stereocenters. The number of hydrogen-bond acceptors (Lipinski definition) is 2. The van der Waals surface area contributed by atoms with Crippen LogP contribution in [-0.2, 0) is 0 Å². The summed E-state index contributed by atoms with van der Waals surface area (Å²) in [5.41, 5.74) is 9.36. The van der Waals surface area contributed by atoms with Gasteiger partial charge in [-0.1, -0.05) is 13.0 Å². The Kier molecular flexibility index (Phi) is 2.85. The molecule has 15 heavy (non-hydrogen) atoms. The Bertz CT molecular complexity index is 338. The van der Waals surface area contributed by atoms with Gasteiger partial charge in [0, 0.05) is 24.5 Å². The van der Waals surface area contributed by atoms with Crippen LogP contribution in [0.15, 0.2) is 18.2 Å².